The van der Waals surface area contributed by atoms with Crippen LogP contribution in [0.15, 0.2) is 54.7 Å². The molecule has 5 rings (SSSR count). The molecule has 3 aromatic rings. The normalized spacial score (nSPS) is 21.1. The van der Waals surface area contributed by atoms with Crippen molar-refractivity contribution in [2.75, 3.05) is 61.0 Å². The average Bonchev–Trinajstić information content (AvgIpc) is 3.61. The first kappa shape index (κ1) is 32.5. The van der Waals surface area contributed by atoms with E-state index < -0.39 is 17.9 Å². The van der Waals surface area contributed by atoms with Gasteiger partial charge in [0.15, 0.2) is 0 Å². The van der Waals surface area contributed by atoms with Gasteiger partial charge in [0.1, 0.15) is 18.4 Å². The number of fused-ring (bicyclic) bond motifs is 4. The van der Waals surface area contributed by atoms with Crippen LogP contribution in [-0.2, 0) is 25.6 Å². The first-order valence-corrected chi connectivity index (χ1v) is 15.3. The fourth-order valence-corrected chi connectivity index (χ4v) is 6.05. The SMILES string of the molecule is CN(C)CC(=O)N[C@@H]1C[C@H]2COc3cccc(c3)C(=O)N(C)C[C@H](NC(=O)Cc3c[nH]c4ccccc34)C(=O)N(C)CC(=O)N2C1. The van der Waals surface area contributed by atoms with E-state index in [1.165, 1.54) is 16.8 Å². The highest BCUT2D eigenvalue weighted by Gasteiger charge is 2.38. The van der Waals surface area contributed by atoms with Crippen LogP contribution in [0.3, 0.4) is 0 Å². The van der Waals surface area contributed by atoms with Crippen molar-refractivity contribution in [3.8, 4) is 5.75 Å². The van der Waals surface area contributed by atoms with Crippen molar-refractivity contribution in [2.24, 2.45) is 0 Å². The number of nitrogens with zero attached hydrogens (tertiary/aromatic N) is 4. The second-order valence-corrected chi connectivity index (χ2v) is 12.3. The van der Waals surface area contributed by atoms with Crippen molar-refractivity contribution >= 4 is 40.4 Å². The van der Waals surface area contributed by atoms with E-state index in [1.54, 1.807) is 61.4 Å². The number of hydrogen-bond acceptors (Lipinski definition) is 7. The van der Waals surface area contributed by atoms with Crippen LogP contribution in [0.5, 0.6) is 5.75 Å². The summed E-state index contributed by atoms with van der Waals surface area (Å²) in [7, 11) is 6.67. The number of rotatable bonds is 6. The molecular formula is C33H41N7O6. The van der Waals surface area contributed by atoms with E-state index in [9.17, 15) is 24.0 Å². The lowest BCUT2D eigenvalue weighted by Crippen LogP contribution is -2.55. The minimum atomic E-state index is -1.11. The maximum atomic E-state index is 13.8. The Bertz CT molecular complexity index is 1620. The number of H-pyrrole nitrogens is 1. The summed E-state index contributed by atoms with van der Waals surface area (Å²) in [5.74, 6) is -1.27. The zero-order valence-corrected chi connectivity index (χ0v) is 26.6. The van der Waals surface area contributed by atoms with Crippen LogP contribution in [0.25, 0.3) is 10.9 Å². The van der Waals surface area contributed by atoms with Crippen LogP contribution in [0.4, 0.5) is 0 Å². The summed E-state index contributed by atoms with van der Waals surface area (Å²) >= 11 is 0. The molecule has 244 valence electrons. The zero-order valence-electron chi connectivity index (χ0n) is 26.6. The van der Waals surface area contributed by atoms with Gasteiger partial charge in [0.25, 0.3) is 5.91 Å². The number of para-hydroxylation sites is 1. The van der Waals surface area contributed by atoms with Crippen LogP contribution >= 0.6 is 0 Å². The highest BCUT2D eigenvalue weighted by Crippen LogP contribution is 2.23. The molecule has 2 aliphatic heterocycles. The molecule has 0 spiro atoms. The Morgan fingerprint density at radius 2 is 1.76 bits per heavy atom. The standard InChI is InChI=1S/C33H41N7O6/c1-37(2)18-30(42)35-23-14-24-20-46-25-9-7-8-21(12-25)32(44)38(3)17-28(33(45)39(4)19-31(43)40(24)16-23)36-29(41)13-22-15-34-27-11-6-5-10-26(22)27/h5-12,15,23-24,28,34H,13-14,16-20H2,1-4H3,(H,35,42)(H,36,41)/t23-,24+,28+/m1/s1. The maximum absolute atomic E-state index is 13.8. The Balaban J connectivity index is 1.38. The number of ether oxygens (including phenoxy) is 1. The number of amides is 5. The summed E-state index contributed by atoms with van der Waals surface area (Å²) in [4.78, 5) is 75.9. The number of aromatic amines is 1. The molecular weight excluding hydrogens is 590 g/mol. The van der Waals surface area contributed by atoms with E-state index in [-0.39, 0.29) is 69.0 Å². The van der Waals surface area contributed by atoms with E-state index in [1.807, 2.05) is 24.3 Å². The van der Waals surface area contributed by atoms with E-state index in [0.29, 0.717) is 17.7 Å². The lowest BCUT2D eigenvalue weighted by Gasteiger charge is -2.30. The van der Waals surface area contributed by atoms with Gasteiger partial charge in [0.2, 0.25) is 23.6 Å². The predicted octanol–water partition coefficient (Wildman–Crippen LogP) is 0.466. The predicted molar refractivity (Wildman–Crippen MR) is 171 cm³/mol. The fourth-order valence-electron chi connectivity index (χ4n) is 6.05. The second kappa shape index (κ2) is 14.0. The molecule has 0 aliphatic carbocycles. The molecule has 13 heteroatoms. The van der Waals surface area contributed by atoms with Gasteiger partial charge in [-0.25, -0.2) is 0 Å². The number of aromatic nitrogens is 1. The Labute approximate surface area is 267 Å². The number of nitrogens with one attached hydrogen (secondary N) is 3. The van der Waals surface area contributed by atoms with Gasteiger partial charge in [-0.3, -0.25) is 24.0 Å². The number of hydrogen-bond donors (Lipinski definition) is 3. The molecule has 0 radical (unpaired) electrons. The van der Waals surface area contributed by atoms with E-state index in [0.717, 1.165) is 16.5 Å². The lowest BCUT2D eigenvalue weighted by molar-refractivity contribution is -0.142. The van der Waals surface area contributed by atoms with Gasteiger partial charge in [-0.05, 0) is 50.3 Å². The van der Waals surface area contributed by atoms with Crippen molar-refractivity contribution in [2.45, 2.75) is 31.0 Å². The molecule has 46 heavy (non-hydrogen) atoms. The molecule has 5 amide bonds. The average molecular weight is 632 g/mol. The largest absolute Gasteiger partial charge is 0.491 e. The number of likely N-dealkylation sites (N-methyl/N-ethyl adjacent to an activating group) is 3. The first-order chi connectivity index (χ1) is 22.0. The summed E-state index contributed by atoms with van der Waals surface area (Å²) in [5, 5.41) is 6.72. The fraction of sp³-hybridized carbons (Fsp3) is 0.424. The molecule has 2 aromatic carbocycles. The van der Waals surface area contributed by atoms with Gasteiger partial charge in [-0.2, -0.15) is 0 Å². The minimum Gasteiger partial charge on any atom is -0.491 e. The third-order valence-electron chi connectivity index (χ3n) is 8.29. The van der Waals surface area contributed by atoms with Crippen molar-refractivity contribution < 1.29 is 28.7 Å². The van der Waals surface area contributed by atoms with Gasteiger partial charge < -0.3 is 40.0 Å². The van der Waals surface area contributed by atoms with E-state index >= 15 is 0 Å². The monoisotopic (exact) mass is 631 g/mol. The summed E-state index contributed by atoms with van der Waals surface area (Å²) in [6, 6.07) is 12.6. The Kier molecular flexibility index (Phi) is 9.90. The Hall–Kier alpha value is -4.91. The Morgan fingerprint density at radius 3 is 2.54 bits per heavy atom. The smallest absolute Gasteiger partial charge is 0.253 e. The Morgan fingerprint density at radius 1 is 0.978 bits per heavy atom. The minimum absolute atomic E-state index is 0.0177. The third kappa shape index (κ3) is 7.65. The van der Waals surface area contributed by atoms with Gasteiger partial charge in [0.05, 0.1) is 25.6 Å². The van der Waals surface area contributed by atoms with Crippen LogP contribution in [-0.4, -0.2) is 133 Å². The van der Waals surface area contributed by atoms with Crippen molar-refractivity contribution in [3.05, 3.63) is 65.9 Å². The molecule has 2 bridgehead atoms. The van der Waals surface area contributed by atoms with Gasteiger partial charge in [0, 0.05) is 55.9 Å². The molecule has 0 unspecified atom stereocenters. The quantitative estimate of drug-likeness (QED) is 0.358. The number of carbonyl (C=O) groups excluding carboxylic acids is 5. The summed E-state index contributed by atoms with van der Waals surface area (Å²) in [6.45, 7) is 0.246. The molecule has 1 fully saturated rings. The van der Waals surface area contributed by atoms with Crippen LogP contribution in [0, 0.1) is 0 Å². The van der Waals surface area contributed by atoms with Crippen LogP contribution in [0.2, 0.25) is 0 Å². The maximum Gasteiger partial charge on any atom is 0.253 e. The van der Waals surface area contributed by atoms with Crippen LogP contribution in [0.1, 0.15) is 22.3 Å². The lowest BCUT2D eigenvalue weighted by atomic mass is 10.1. The highest BCUT2D eigenvalue weighted by atomic mass is 16.5. The third-order valence-corrected chi connectivity index (χ3v) is 8.29. The van der Waals surface area contributed by atoms with Crippen molar-refractivity contribution in [1.82, 2.24) is 35.2 Å². The molecule has 0 saturated carbocycles. The molecule has 1 saturated heterocycles. The van der Waals surface area contributed by atoms with E-state index in [2.05, 4.69) is 15.6 Å². The first-order valence-electron chi connectivity index (χ1n) is 15.3. The zero-order chi connectivity index (χ0) is 33.0. The van der Waals surface area contributed by atoms with E-state index in [4.69, 9.17) is 4.74 Å². The molecule has 13 nitrogen and oxygen atoms in total. The van der Waals surface area contributed by atoms with Gasteiger partial charge in [-0.1, -0.05) is 24.3 Å². The topological polar surface area (TPSA) is 147 Å². The van der Waals surface area contributed by atoms with Crippen molar-refractivity contribution in [1.29, 1.82) is 0 Å². The summed E-state index contributed by atoms with van der Waals surface area (Å²) in [5.41, 5.74) is 2.02. The van der Waals surface area contributed by atoms with Crippen molar-refractivity contribution in [3.63, 3.8) is 0 Å². The van der Waals surface area contributed by atoms with Gasteiger partial charge >= 0.3 is 0 Å². The molecule has 2 aliphatic rings. The summed E-state index contributed by atoms with van der Waals surface area (Å²) in [6.07, 6.45) is 2.25. The summed E-state index contributed by atoms with van der Waals surface area (Å²) < 4.78 is 6.06. The van der Waals surface area contributed by atoms with Gasteiger partial charge in [-0.15, -0.1) is 0 Å². The second-order valence-electron chi connectivity index (χ2n) is 12.3. The molecule has 3 atom stereocenters. The highest BCUT2D eigenvalue weighted by molar-refractivity contribution is 5.96. The molecule has 3 heterocycles. The number of carbonyl (C=O) groups is 5. The molecule has 3 N–H and O–H groups in total. The number of benzene rings is 2. The van der Waals surface area contributed by atoms with Crippen LogP contribution < -0.4 is 15.4 Å². The molecule has 1 aromatic heterocycles.